The first-order valence-corrected chi connectivity index (χ1v) is 5.18. The second-order valence-corrected chi connectivity index (χ2v) is 4.83. The zero-order chi connectivity index (χ0) is 13.4. The molecule has 0 spiro atoms. The highest BCUT2D eigenvalue weighted by Crippen LogP contribution is 2.37. The lowest BCUT2D eigenvalue weighted by Crippen LogP contribution is -2.59. The maximum atomic E-state index is 12.3. The number of carbonyl (C=O) groups excluding carboxylic acids is 1. The van der Waals surface area contributed by atoms with Gasteiger partial charge in [-0.1, -0.05) is 13.8 Å². The van der Waals surface area contributed by atoms with Crippen LogP contribution in [0.1, 0.15) is 26.7 Å². The van der Waals surface area contributed by atoms with E-state index in [-0.39, 0.29) is 6.54 Å². The number of carbonyl (C=O) groups is 2. The third kappa shape index (κ3) is 2.70. The third-order valence-corrected chi connectivity index (χ3v) is 3.01. The van der Waals surface area contributed by atoms with Crippen LogP contribution in [-0.2, 0) is 9.59 Å². The first-order valence-electron chi connectivity index (χ1n) is 5.18. The topological polar surface area (TPSA) is 57.6 Å². The number of hydrogen-bond donors (Lipinski definition) is 1. The Morgan fingerprint density at radius 2 is 1.88 bits per heavy atom. The Morgan fingerprint density at radius 1 is 1.35 bits per heavy atom. The van der Waals surface area contributed by atoms with Crippen molar-refractivity contribution in [1.29, 1.82) is 0 Å². The Morgan fingerprint density at radius 3 is 2.29 bits per heavy atom. The molecule has 98 valence electrons. The van der Waals surface area contributed by atoms with E-state index in [0.717, 1.165) is 0 Å². The highest BCUT2D eigenvalue weighted by Gasteiger charge is 2.51. The molecular formula is C10H14F3NO3. The number of carboxylic acids is 1. The number of rotatable bonds is 1. The molecule has 4 nitrogen and oxygen atoms in total. The Labute approximate surface area is 96.4 Å². The molecule has 1 unspecified atom stereocenters. The minimum Gasteiger partial charge on any atom is -0.480 e. The fourth-order valence-electron chi connectivity index (χ4n) is 2.24. The summed E-state index contributed by atoms with van der Waals surface area (Å²) in [6, 6.07) is -1.43. The lowest BCUT2D eigenvalue weighted by atomic mass is 9.76. The molecule has 1 N–H and O–H groups in total. The van der Waals surface area contributed by atoms with Crippen molar-refractivity contribution in [3.05, 3.63) is 0 Å². The van der Waals surface area contributed by atoms with Crippen LogP contribution in [0.15, 0.2) is 0 Å². The minimum atomic E-state index is -5.03. The number of carboxylic acid groups (broad SMARTS) is 1. The normalized spacial score (nSPS) is 24.5. The number of amides is 1. The maximum Gasteiger partial charge on any atom is 0.471 e. The highest BCUT2D eigenvalue weighted by atomic mass is 19.4. The summed E-state index contributed by atoms with van der Waals surface area (Å²) in [6.45, 7) is 2.95. The predicted molar refractivity (Wildman–Crippen MR) is 52.2 cm³/mol. The van der Waals surface area contributed by atoms with Gasteiger partial charge >= 0.3 is 18.1 Å². The molecule has 1 aliphatic rings. The van der Waals surface area contributed by atoms with E-state index in [2.05, 4.69) is 0 Å². The molecular weight excluding hydrogens is 239 g/mol. The first-order chi connectivity index (χ1) is 7.57. The van der Waals surface area contributed by atoms with Crippen molar-refractivity contribution in [2.24, 2.45) is 5.41 Å². The van der Waals surface area contributed by atoms with Gasteiger partial charge in [0.15, 0.2) is 0 Å². The fourth-order valence-corrected chi connectivity index (χ4v) is 2.24. The Bertz CT molecular complexity index is 338. The van der Waals surface area contributed by atoms with Crippen LogP contribution in [0.25, 0.3) is 0 Å². The van der Waals surface area contributed by atoms with Gasteiger partial charge in [0.2, 0.25) is 0 Å². The zero-order valence-electron chi connectivity index (χ0n) is 9.54. The van der Waals surface area contributed by atoms with E-state index in [1.54, 1.807) is 13.8 Å². The molecule has 1 amide bonds. The molecule has 0 saturated carbocycles. The summed E-state index contributed by atoms with van der Waals surface area (Å²) in [4.78, 5) is 22.6. The van der Waals surface area contributed by atoms with Gasteiger partial charge in [-0.05, 0) is 18.3 Å². The van der Waals surface area contributed by atoms with E-state index < -0.39 is 29.5 Å². The summed E-state index contributed by atoms with van der Waals surface area (Å²) in [5.41, 5.74) is -0.856. The lowest BCUT2D eigenvalue weighted by molar-refractivity contribution is -0.195. The van der Waals surface area contributed by atoms with Gasteiger partial charge in [0.1, 0.15) is 6.04 Å². The van der Waals surface area contributed by atoms with Gasteiger partial charge in [-0.3, -0.25) is 4.79 Å². The molecule has 1 rings (SSSR count). The van der Waals surface area contributed by atoms with Crippen LogP contribution in [-0.4, -0.2) is 40.6 Å². The molecule has 1 saturated heterocycles. The summed E-state index contributed by atoms with van der Waals surface area (Å²) in [6.07, 6.45) is -4.18. The second-order valence-electron chi connectivity index (χ2n) is 4.83. The van der Waals surface area contributed by atoms with E-state index in [1.807, 2.05) is 0 Å². The maximum absolute atomic E-state index is 12.3. The molecule has 0 bridgehead atoms. The summed E-state index contributed by atoms with van der Waals surface area (Å²) in [7, 11) is 0. The molecule has 1 heterocycles. The van der Waals surface area contributed by atoms with Crippen molar-refractivity contribution in [3.63, 3.8) is 0 Å². The van der Waals surface area contributed by atoms with Crippen molar-refractivity contribution < 1.29 is 27.9 Å². The average molecular weight is 253 g/mol. The minimum absolute atomic E-state index is 0.168. The van der Waals surface area contributed by atoms with Crippen molar-refractivity contribution in [1.82, 2.24) is 4.90 Å². The Balaban J connectivity index is 3.05. The van der Waals surface area contributed by atoms with Crippen LogP contribution in [0.2, 0.25) is 0 Å². The summed E-state index contributed by atoms with van der Waals surface area (Å²) < 4.78 is 37.0. The number of alkyl halides is 3. The van der Waals surface area contributed by atoms with E-state index in [0.29, 0.717) is 17.7 Å². The summed E-state index contributed by atoms with van der Waals surface area (Å²) in [5.74, 6) is -3.47. The van der Waals surface area contributed by atoms with Gasteiger partial charge in [-0.25, -0.2) is 4.79 Å². The predicted octanol–water partition coefficient (Wildman–Crippen LogP) is 1.65. The molecule has 7 heteroatoms. The van der Waals surface area contributed by atoms with Crippen LogP contribution in [0.3, 0.4) is 0 Å². The number of hydrogen-bond acceptors (Lipinski definition) is 2. The first kappa shape index (κ1) is 13.8. The zero-order valence-corrected chi connectivity index (χ0v) is 9.54. The number of aliphatic carboxylic acids is 1. The average Bonchev–Trinajstić information content (AvgIpc) is 2.12. The molecule has 0 aromatic rings. The Hall–Kier alpha value is -1.27. The van der Waals surface area contributed by atoms with Gasteiger partial charge < -0.3 is 10.0 Å². The molecule has 0 aromatic carbocycles. The van der Waals surface area contributed by atoms with Crippen LogP contribution in [0.4, 0.5) is 13.2 Å². The number of likely N-dealkylation sites (tertiary alicyclic amines) is 1. The summed E-state index contributed by atoms with van der Waals surface area (Å²) >= 11 is 0. The smallest absolute Gasteiger partial charge is 0.471 e. The lowest BCUT2D eigenvalue weighted by Gasteiger charge is -2.43. The number of piperidine rings is 1. The monoisotopic (exact) mass is 253 g/mol. The number of nitrogens with zero attached hydrogens (tertiary/aromatic N) is 1. The quantitative estimate of drug-likeness (QED) is 0.773. The Kier molecular flexibility index (Phi) is 3.40. The van der Waals surface area contributed by atoms with Crippen molar-refractivity contribution in [2.75, 3.05) is 6.54 Å². The molecule has 1 fully saturated rings. The van der Waals surface area contributed by atoms with Crippen molar-refractivity contribution in [3.8, 4) is 0 Å². The highest BCUT2D eigenvalue weighted by molar-refractivity contribution is 5.87. The SMILES string of the molecule is CC1(C)CCCN(C(=O)C(F)(F)F)C1C(=O)O. The van der Waals surface area contributed by atoms with Crippen molar-refractivity contribution >= 4 is 11.9 Å². The molecule has 1 aliphatic heterocycles. The van der Waals surface area contributed by atoms with Gasteiger partial charge in [0, 0.05) is 6.54 Å². The molecule has 0 radical (unpaired) electrons. The van der Waals surface area contributed by atoms with Gasteiger partial charge in [0.25, 0.3) is 0 Å². The molecule has 0 aromatic heterocycles. The van der Waals surface area contributed by atoms with Crippen molar-refractivity contribution in [2.45, 2.75) is 38.9 Å². The molecule has 0 aliphatic carbocycles. The standard InChI is InChI=1S/C10H14F3NO3/c1-9(2)4-3-5-14(6(9)7(15)16)8(17)10(11,12)13/h6H,3-5H2,1-2H3,(H,15,16). The largest absolute Gasteiger partial charge is 0.480 e. The van der Waals surface area contributed by atoms with Crippen LogP contribution in [0, 0.1) is 5.41 Å². The number of halogens is 3. The van der Waals surface area contributed by atoms with E-state index in [4.69, 9.17) is 5.11 Å². The van der Waals surface area contributed by atoms with Crippen LogP contribution in [0.5, 0.6) is 0 Å². The van der Waals surface area contributed by atoms with Gasteiger partial charge in [-0.2, -0.15) is 13.2 Å². The third-order valence-electron chi connectivity index (χ3n) is 3.01. The fraction of sp³-hybridized carbons (Fsp3) is 0.800. The van der Waals surface area contributed by atoms with Crippen LogP contribution >= 0.6 is 0 Å². The van der Waals surface area contributed by atoms with Crippen LogP contribution < -0.4 is 0 Å². The van der Waals surface area contributed by atoms with E-state index in [9.17, 15) is 22.8 Å². The van der Waals surface area contributed by atoms with E-state index >= 15 is 0 Å². The molecule has 17 heavy (non-hydrogen) atoms. The van der Waals surface area contributed by atoms with E-state index in [1.165, 1.54) is 0 Å². The summed E-state index contributed by atoms with van der Waals surface area (Å²) in [5, 5.41) is 9.00. The van der Waals surface area contributed by atoms with Gasteiger partial charge in [-0.15, -0.1) is 0 Å². The molecule has 1 atom stereocenters. The second kappa shape index (κ2) is 4.19. The van der Waals surface area contributed by atoms with Gasteiger partial charge in [0.05, 0.1) is 0 Å².